The molecule has 0 spiro atoms. The molecule has 7 heteroatoms. The van der Waals surface area contributed by atoms with E-state index in [1.165, 1.54) is 0 Å². The number of tetrazole rings is 1. The first-order chi connectivity index (χ1) is 20.1. The van der Waals surface area contributed by atoms with E-state index in [1.807, 2.05) is 91.0 Å². The molecule has 41 heavy (non-hydrogen) atoms. The van der Waals surface area contributed by atoms with Crippen LogP contribution in [0.5, 0.6) is 11.5 Å². The van der Waals surface area contributed by atoms with E-state index in [0.29, 0.717) is 23.0 Å². The number of hydrogen-bond acceptors (Lipinski definition) is 6. The van der Waals surface area contributed by atoms with E-state index < -0.39 is 5.54 Å². The first-order valence-electron chi connectivity index (χ1n) is 13.2. The topological polar surface area (TPSA) is 88.1 Å². The van der Waals surface area contributed by atoms with Crippen molar-refractivity contribution < 1.29 is 9.47 Å². The minimum Gasteiger partial charge on any atom is -0.493 e. The van der Waals surface area contributed by atoms with Crippen LogP contribution >= 0.6 is 0 Å². The van der Waals surface area contributed by atoms with Crippen molar-refractivity contribution in [3.63, 3.8) is 0 Å². The van der Waals surface area contributed by atoms with Gasteiger partial charge in [0.25, 0.3) is 0 Å². The molecule has 1 heterocycles. The van der Waals surface area contributed by atoms with Crippen molar-refractivity contribution >= 4 is 5.69 Å². The summed E-state index contributed by atoms with van der Waals surface area (Å²) < 4.78 is 11.0. The van der Waals surface area contributed by atoms with Crippen LogP contribution in [0.4, 0.5) is 5.69 Å². The minimum atomic E-state index is -0.876. The zero-order valence-electron chi connectivity index (χ0n) is 22.8. The number of benzene rings is 5. The summed E-state index contributed by atoms with van der Waals surface area (Å²) in [6, 6.07) is 42.3. The second-order valence-electron chi connectivity index (χ2n) is 9.59. The molecule has 0 aliphatic heterocycles. The molecule has 0 fully saturated rings. The standard InChI is InChI=1S/C34H29N5O2/c1-40-31-21-18-24(22-32(31)41-2)29-20-19-28(35)23-30(29)33-36-38-39(37-33)34(25-12-6-3-7-13-25,26-14-8-4-9-15-26)27-16-10-5-11-17-27/h3-23H,35H2,1-2H3. The number of methoxy groups -OCH3 is 2. The summed E-state index contributed by atoms with van der Waals surface area (Å²) in [4.78, 5) is 1.71. The number of nitrogens with zero attached hydrogens (tertiary/aromatic N) is 4. The van der Waals surface area contributed by atoms with Crippen molar-refractivity contribution in [2.75, 3.05) is 20.0 Å². The third kappa shape index (κ3) is 4.57. The molecular formula is C34H29N5O2. The molecule has 0 saturated heterocycles. The molecule has 1 aromatic heterocycles. The van der Waals surface area contributed by atoms with Crippen molar-refractivity contribution in [3.05, 3.63) is 144 Å². The summed E-state index contributed by atoms with van der Waals surface area (Å²) in [6.45, 7) is 0. The van der Waals surface area contributed by atoms with E-state index in [1.54, 1.807) is 19.0 Å². The summed E-state index contributed by atoms with van der Waals surface area (Å²) in [5, 5.41) is 14.4. The molecule has 2 N–H and O–H groups in total. The van der Waals surface area contributed by atoms with Crippen LogP contribution in [0.25, 0.3) is 22.5 Å². The zero-order chi connectivity index (χ0) is 28.2. The van der Waals surface area contributed by atoms with Gasteiger partial charge in [-0.2, -0.15) is 0 Å². The molecule has 0 atom stereocenters. The molecule has 6 aromatic rings. The van der Waals surface area contributed by atoms with Crippen LogP contribution < -0.4 is 15.2 Å². The van der Waals surface area contributed by atoms with Gasteiger partial charge in [0, 0.05) is 11.3 Å². The lowest BCUT2D eigenvalue weighted by Crippen LogP contribution is -2.39. The second-order valence-corrected chi connectivity index (χ2v) is 9.59. The monoisotopic (exact) mass is 539 g/mol. The lowest BCUT2D eigenvalue weighted by molar-refractivity contribution is 0.355. The van der Waals surface area contributed by atoms with Crippen molar-refractivity contribution in [3.8, 4) is 34.0 Å². The van der Waals surface area contributed by atoms with Gasteiger partial charge in [-0.15, -0.1) is 15.0 Å². The van der Waals surface area contributed by atoms with Crippen LogP contribution in [0.3, 0.4) is 0 Å². The lowest BCUT2D eigenvalue weighted by Gasteiger charge is -2.34. The molecule has 0 bridgehead atoms. The molecule has 0 radical (unpaired) electrons. The molecule has 0 saturated carbocycles. The fourth-order valence-electron chi connectivity index (χ4n) is 5.35. The van der Waals surface area contributed by atoms with Crippen LogP contribution in [0.1, 0.15) is 16.7 Å². The molecule has 0 aliphatic carbocycles. The lowest BCUT2D eigenvalue weighted by atomic mass is 9.77. The summed E-state index contributed by atoms with van der Waals surface area (Å²) in [6.07, 6.45) is 0. The normalized spacial score (nSPS) is 11.3. The highest BCUT2D eigenvalue weighted by atomic mass is 16.5. The Balaban J connectivity index is 1.58. The summed E-state index contributed by atoms with van der Waals surface area (Å²) in [7, 11) is 3.24. The summed E-state index contributed by atoms with van der Waals surface area (Å²) in [5.41, 5.74) is 11.6. The second kappa shape index (κ2) is 11.0. The maximum atomic E-state index is 6.28. The SMILES string of the molecule is COc1ccc(-c2ccc(N)cc2-c2nnn(C(c3ccccc3)(c3ccccc3)c3ccccc3)n2)cc1OC. The highest BCUT2D eigenvalue weighted by Crippen LogP contribution is 2.41. The quantitative estimate of drug-likeness (QED) is 0.177. The molecule has 0 amide bonds. The summed E-state index contributed by atoms with van der Waals surface area (Å²) in [5.74, 6) is 1.73. The predicted molar refractivity (Wildman–Crippen MR) is 161 cm³/mol. The van der Waals surface area contributed by atoms with Gasteiger partial charge in [-0.05, 0) is 57.3 Å². The van der Waals surface area contributed by atoms with Crippen LogP contribution in [-0.2, 0) is 5.54 Å². The van der Waals surface area contributed by atoms with E-state index in [9.17, 15) is 0 Å². The van der Waals surface area contributed by atoms with Crippen molar-refractivity contribution in [1.29, 1.82) is 0 Å². The summed E-state index contributed by atoms with van der Waals surface area (Å²) >= 11 is 0. The largest absolute Gasteiger partial charge is 0.493 e. The third-order valence-corrected chi connectivity index (χ3v) is 7.27. The Hall–Kier alpha value is -5.43. The number of nitrogens with two attached hydrogens (primary N) is 1. The van der Waals surface area contributed by atoms with Crippen molar-refractivity contribution in [2.45, 2.75) is 5.54 Å². The van der Waals surface area contributed by atoms with Crippen molar-refractivity contribution in [2.24, 2.45) is 0 Å². The number of ether oxygens (including phenoxy) is 2. The first-order valence-corrected chi connectivity index (χ1v) is 13.2. The third-order valence-electron chi connectivity index (χ3n) is 7.27. The van der Waals surface area contributed by atoms with E-state index in [0.717, 1.165) is 33.4 Å². The average molecular weight is 540 g/mol. The highest BCUT2D eigenvalue weighted by molar-refractivity contribution is 5.83. The van der Waals surface area contributed by atoms with Gasteiger partial charge in [0.15, 0.2) is 17.0 Å². The van der Waals surface area contributed by atoms with Crippen molar-refractivity contribution in [1.82, 2.24) is 20.2 Å². The van der Waals surface area contributed by atoms with Gasteiger partial charge < -0.3 is 15.2 Å². The Morgan fingerprint density at radius 3 is 1.71 bits per heavy atom. The highest BCUT2D eigenvalue weighted by Gasteiger charge is 2.41. The molecule has 6 rings (SSSR count). The number of hydrogen-bond donors (Lipinski definition) is 1. The van der Waals surface area contributed by atoms with Gasteiger partial charge in [-0.25, -0.2) is 0 Å². The Morgan fingerprint density at radius 2 is 1.17 bits per heavy atom. The molecule has 7 nitrogen and oxygen atoms in total. The molecule has 0 aliphatic rings. The number of rotatable bonds is 8. The van der Waals surface area contributed by atoms with E-state index in [4.69, 9.17) is 20.3 Å². The molecular weight excluding hydrogens is 510 g/mol. The maximum absolute atomic E-state index is 6.28. The Morgan fingerprint density at radius 1 is 0.610 bits per heavy atom. The smallest absolute Gasteiger partial charge is 0.205 e. The Kier molecular flexibility index (Phi) is 6.92. The van der Waals surface area contributed by atoms with Crippen LogP contribution in [0, 0.1) is 0 Å². The Bertz CT molecular complexity index is 1670. The van der Waals surface area contributed by atoms with Crippen LogP contribution in [-0.4, -0.2) is 34.4 Å². The van der Waals surface area contributed by atoms with Gasteiger partial charge in [-0.3, -0.25) is 0 Å². The number of anilines is 1. The van der Waals surface area contributed by atoms with E-state index >= 15 is 0 Å². The van der Waals surface area contributed by atoms with Gasteiger partial charge >= 0.3 is 0 Å². The van der Waals surface area contributed by atoms with Gasteiger partial charge in [0.2, 0.25) is 5.82 Å². The fourth-order valence-corrected chi connectivity index (χ4v) is 5.35. The van der Waals surface area contributed by atoms with Gasteiger partial charge in [-0.1, -0.05) is 103 Å². The van der Waals surface area contributed by atoms with Gasteiger partial charge in [0.1, 0.15) is 0 Å². The zero-order valence-corrected chi connectivity index (χ0v) is 22.8. The van der Waals surface area contributed by atoms with E-state index in [2.05, 4.69) is 46.7 Å². The van der Waals surface area contributed by atoms with Crippen LogP contribution in [0.2, 0.25) is 0 Å². The first kappa shape index (κ1) is 25.8. The maximum Gasteiger partial charge on any atom is 0.205 e. The van der Waals surface area contributed by atoms with Crippen LogP contribution in [0.15, 0.2) is 127 Å². The van der Waals surface area contributed by atoms with Gasteiger partial charge in [0.05, 0.1) is 14.2 Å². The minimum absolute atomic E-state index is 0.453. The fraction of sp³-hybridized carbons (Fsp3) is 0.0882. The average Bonchev–Trinajstić information content (AvgIpc) is 3.53. The number of aromatic nitrogens is 4. The molecule has 5 aromatic carbocycles. The number of nitrogen functional groups attached to an aromatic ring is 1. The Labute approximate surface area is 238 Å². The molecule has 202 valence electrons. The predicted octanol–water partition coefficient (Wildman–Crippen LogP) is 6.45. The molecule has 0 unspecified atom stereocenters. The van der Waals surface area contributed by atoms with E-state index in [-0.39, 0.29) is 0 Å².